The molecule has 0 heterocycles. The van der Waals surface area contributed by atoms with E-state index in [1.54, 1.807) is 6.07 Å². The van der Waals surface area contributed by atoms with Crippen molar-refractivity contribution in [2.75, 3.05) is 6.61 Å². The highest BCUT2D eigenvalue weighted by Crippen LogP contribution is 2.55. The SMILES string of the molecule is O=C(COc1ccc(Br)cc1CO)NC12CC3CC(CC(C3)C1)C2. The Kier molecular flexibility index (Phi) is 4.33. The van der Waals surface area contributed by atoms with Gasteiger partial charge in [0.25, 0.3) is 5.91 Å². The van der Waals surface area contributed by atoms with Gasteiger partial charge in [-0.3, -0.25) is 4.79 Å². The molecule has 1 aromatic carbocycles. The van der Waals surface area contributed by atoms with Gasteiger partial charge in [0.1, 0.15) is 5.75 Å². The molecule has 4 aliphatic rings. The van der Waals surface area contributed by atoms with Crippen molar-refractivity contribution >= 4 is 21.8 Å². The van der Waals surface area contributed by atoms with Crippen molar-refractivity contribution in [1.29, 1.82) is 0 Å². The van der Waals surface area contributed by atoms with Gasteiger partial charge in [0.2, 0.25) is 0 Å². The van der Waals surface area contributed by atoms with Gasteiger partial charge in [-0.05, 0) is 74.5 Å². The van der Waals surface area contributed by atoms with E-state index in [0.29, 0.717) is 11.3 Å². The summed E-state index contributed by atoms with van der Waals surface area (Å²) in [5.41, 5.74) is 0.710. The summed E-state index contributed by atoms with van der Waals surface area (Å²) in [4.78, 5) is 12.5. The third-order valence-electron chi connectivity index (χ3n) is 5.99. The Labute approximate surface area is 151 Å². The van der Waals surface area contributed by atoms with Crippen LogP contribution in [-0.2, 0) is 11.4 Å². The Balaban J connectivity index is 1.37. The van der Waals surface area contributed by atoms with Crippen LogP contribution in [0, 0.1) is 17.8 Å². The van der Waals surface area contributed by atoms with Crippen LogP contribution in [-0.4, -0.2) is 23.2 Å². The molecule has 5 heteroatoms. The molecule has 4 saturated carbocycles. The van der Waals surface area contributed by atoms with Gasteiger partial charge >= 0.3 is 0 Å². The van der Waals surface area contributed by atoms with Gasteiger partial charge in [0.05, 0.1) is 6.61 Å². The van der Waals surface area contributed by atoms with Crippen LogP contribution in [0.15, 0.2) is 22.7 Å². The zero-order valence-electron chi connectivity index (χ0n) is 13.8. The van der Waals surface area contributed by atoms with Crippen LogP contribution in [0.2, 0.25) is 0 Å². The number of aliphatic hydroxyl groups excluding tert-OH is 1. The van der Waals surface area contributed by atoms with Gasteiger partial charge in [-0.1, -0.05) is 15.9 Å². The molecule has 4 nitrogen and oxygen atoms in total. The molecule has 24 heavy (non-hydrogen) atoms. The molecule has 0 aromatic heterocycles. The standard InChI is InChI=1S/C19H24BrNO3/c20-16-1-2-17(15(6-16)10-22)24-11-18(23)21-19-7-12-3-13(8-19)5-14(4-12)9-19/h1-2,6,12-14,22H,3-5,7-11H2,(H,21,23). The van der Waals surface area contributed by atoms with Gasteiger partial charge in [-0.25, -0.2) is 0 Å². The van der Waals surface area contributed by atoms with Crippen LogP contribution in [0.5, 0.6) is 5.75 Å². The summed E-state index contributed by atoms with van der Waals surface area (Å²) in [5, 5.41) is 12.7. The Morgan fingerprint density at radius 2 is 1.83 bits per heavy atom. The van der Waals surface area contributed by atoms with Gasteiger partial charge in [0, 0.05) is 15.6 Å². The minimum Gasteiger partial charge on any atom is -0.483 e. The van der Waals surface area contributed by atoms with E-state index >= 15 is 0 Å². The number of halogens is 1. The molecule has 0 aliphatic heterocycles. The summed E-state index contributed by atoms with van der Waals surface area (Å²) in [6.07, 6.45) is 7.53. The van der Waals surface area contributed by atoms with Crippen molar-refractivity contribution in [3.05, 3.63) is 28.2 Å². The molecule has 0 unspecified atom stereocenters. The number of amides is 1. The molecule has 130 valence electrons. The molecule has 0 radical (unpaired) electrons. The first kappa shape index (κ1) is 16.4. The van der Waals surface area contributed by atoms with E-state index in [0.717, 1.165) is 41.5 Å². The molecule has 0 saturated heterocycles. The predicted molar refractivity (Wildman–Crippen MR) is 94.6 cm³/mol. The van der Waals surface area contributed by atoms with E-state index in [1.807, 2.05) is 12.1 Å². The topological polar surface area (TPSA) is 58.6 Å². The molecule has 0 spiro atoms. The maximum Gasteiger partial charge on any atom is 0.258 e. The van der Waals surface area contributed by atoms with Crippen LogP contribution < -0.4 is 10.1 Å². The van der Waals surface area contributed by atoms with Crippen LogP contribution in [0.4, 0.5) is 0 Å². The largest absolute Gasteiger partial charge is 0.483 e. The predicted octanol–water partition coefficient (Wildman–Crippen LogP) is 3.41. The van der Waals surface area contributed by atoms with E-state index in [9.17, 15) is 9.90 Å². The lowest BCUT2D eigenvalue weighted by atomic mass is 9.53. The van der Waals surface area contributed by atoms with Gasteiger partial charge in [-0.2, -0.15) is 0 Å². The fourth-order valence-corrected chi connectivity index (χ4v) is 5.96. The van der Waals surface area contributed by atoms with E-state index < -0.39 is 0 Å². The number of benzene rings is 1. The third-order valence-corrected chi connectivity index (χ3v) is 6.49. The molecule has 1 amide bonds. The lowest BCUT2D eigenvalue weighted by Crippen LogP contribution is -2.60. The van der Waals surface area contributed by atoms with Crippen molar-refractivity contribution in [2.45, 2.75) is 50.7 Å². The molecule has 5 rings (SSSR count). The number of aliphatic hydroxyl groups is 1. The van der Waals surface area contributed by atoms with E-state index in [-0.39, 0.29) is 24.7 Å². The molecule has 0 atom stereocenters. The maximum atomic E-state index is 12.5. The fraction of sp³-hybridized carbons (Fsp3) is 0.632. The Hall–Kier alpha value is -1.07. The Morgan fingerprint density at radius 1 is 1.21 bits per heavy atom. The van der Waals surface area contributed by atoms with Crippen molar-refractivity contribution in [3.8, 4) is 5.75 Å². The summed E-state index contributed by atoms with van der Waals surface area (Å²) < 4.78 is 6.55. The molecule has 4 aliphatic carbocycles. The highest BCUT2D eigenvalue weighted by Gasteiger charge is 2.51. The number of carbonyl (C=O) groups excluding carboxylic acids is 1. The van der Waals surface area contributed by atoms with Crippen molar-refractivity contribution < 1.29 is 14.6 Å². The van der Waals surface area contributed by atoms with Crippen molar-refractivity contribution in [1.82, 2.24) is 5.32 Å². The zero-order chi connectivity index (χ0) is 16.7. The van der Waals surface area contributed by atoms with Crippen molar-refractivity contribution in [3.63, 3.8) is 0 Å². The second kappa shape index (κ2) is 6.34. The zero-order valence-corrected chi connectivity index (χ0v) is 15.3. The van der Waals surface area contributed by atoms with E-state index in [4.69, 9.17) is 4.74 Å². The number of hydrogen-bond donors (Lipinski definition) is 2. The summed E-state index contributed by atoms with van der Waals surface area (Å²) >= 11 is 3.38. The smallest absolute Gasteiger partial charge is 0.258 e. The number of nitrogens with one attached hydrogen (secondary N) is 1. The minimum atomic E-state index is -0.106. The number of ether oxygens (including phenoxy) is 1. The van der Waals surface area contributed by atoms with Crippen LogP contribution >= 0.6 is 15.9 Å². The average Bonchev–Trinajstić information content (AvgIpc) is 2.51. The summed E-state index contributed by atoms with van der Waals surface area (Å²) in [5.74, 6) is 2.96. The first-order valence-electron chi connectivity index (χ1n) is 8.88. The molecule has 2 N–H and O–H groups in total. The number of carbonyl (C=O) groups is 1. The lowest BCUT2D eigenvalue weighted by molar-refractivity contribution is -0.128. The highest BCUT2D eigenvalue weighted by atomic mass is 79.9. The number of hydrogen-bond acceptors (Lipinski definition) is 3. The van der Waals surface area contributed by atoms with E-state index in [2.05, 4.69) is 21.2 Å². The number of rotatable bonds is 5. The molecule has 1 aromatic rings. The monoisotopic (exact) mass is 393 g/mol. The maximum absolute atomic E-state index is 12.5. The van der Waals surface area contributed by atoms with Gasteiger partial charge in [0.15, 0.2) is 6.61 Å². The molecule has 4 bridgehead atoms. The lowest BCUT2D eigenvalue weighted by Gasteiger charge is -2.56. The fourth-order valence-electron chi connectivity index (χ4n) is 5.55. The van der Waals surface area contributed by atoms with Gasteiger partial charge in [-0.15, -0.1) is 0 Å². The highest BCUT2D eigenvalue weighted by molar-refractivity contribution is 9.10. The average molecular weight is 394 g/mol. The van der Waals surface area contributed by atoms with Crippen LogP contribution in [0.3, 0.4) is 0 Å². The normalized spacial score (nSPS) is 33.5. The first-order valence-corrected chi connectivity index (χ1v) is 9.68. The Morgan fingerprint density at radius 3 is 2.42 bits per heavy atom. The summed E-state index contributed by atoms with van der Waals surface area (Å²) in [7, 11) is 0. The van der Waals surface area contributed by atoms with Crippen LogP contribution in [0.1, 0.15) is 44.1 Å². The van der Waals surface area contributed by atoms with E-state index in [1.165, 1.54) is 19.3 Å². The molecular weight excluding hydrogens is 370 g/mol. The summed E-state index contributed by atoms with van der Waals surface area (Å²) in [6, 6.07) is 5.45. The third kappa shape index (κ3) is 3.21. The van der Waals surface area contributed by atoms with Gasteiger partial charge < -0.3 is 15.2 Å². The second-order valence-electron chi connectivity index (χ2n) is 7.94. The molecular formula is C19H24BrNO3. The minimum absolute atomic E-state index is 0.0103. The summed E-state index contributed by atoms with van der Waals surface area (Å²) in [6.45, 7) is -0.0955. The second-order valence-corrected chi connectivity index (χ2v) is 8.86. The van der Waals surface area contributed by atoms with Crippen molar-refractivity contribution in [2.24, 2.45) is 17.8 Å². The first-order chi connectivity index (χ1) is 11.5. The molecule has 4 fully saturated rings. The Bertz CT molecular complexity index is 610. The quantitative estimate of drug-likeness (QED) is 0.805. The van der Waals surface area contributed by atoms with Crippen LogP contribution in [0.25, 0.3) is 0 Å².